The first-order valence-electron chi connectivity index (χ1n) is 7.63. The Morgan fingerprint density at radius 1 is 1.28 bits per heavy atom. The molecule has 1 aromatic heterocycles. The Morgan fingerprint density at radius 3 is 2.88 bits per heavy atom. The van der Waals surface area contributed by atoms with Gasteiger partial charge in [-0.15, -0.1) is 0 Å². The van der Waals surface area contributed by atoms with Crippen LogP contribution in [0.2, 0.25) is 0 Å². The van der Waals surface area contributed by atoms with Gasteiger partial charge in [-0.3, -0.25) is 4.79 Å². The highest BCUT2D eigenvalue weighted by Gasteiger charge is 2.23. The second-order valence-electron chi connectivity index (χ2n) is 5.52. The average molecular weight is 341 g/mol. The molecule has 2 N–H and O–H groups in total. The lowest BCUT2D eigenvalue weighted by Crippen LogP contribution is -2.43. The number of ether oxygens (including phenoxy) is 1. The summed E-state index contributed by atoms with van der Waals surface area (Å²) < 4.78 is 18.1. The van der Waals surface area contributed by atoms with Gasteiger partial charge in [0, 0.05) is 12.0 Å². The third-order valence-corrected chi connectivity index (χ3v) is 3.80. The van der Waals surface area contributed by atoms with Gasteiger partial charge in [-0.1, -0.05) is 12.1 Å². The summed E-state index contributed by atoms with van der Waals surface area (Å²) >= 11 is 0. The first kappa shape index (κ1) is 16.6. The van der Waals surface area contributed by atoms with E-state index in [1.807, 2.05) is 0 Å². The van der Waals surface area contributed by atoms with Crippen LogP contribution in [0.1, 0.15) is 15.9 Å². The van der Waals surface area contributed by atoms with Crippen molar-refractivity contribution < 1.29 is 18.7 Å². The highest BCUT2D eigenvalue weighted by Crippen LogP contribution is 2.13. The third-order valence-electron chi connectivity index (χ3n) is 3.80. The number of H-pyrrole nitrogens is 1. The van der Waals surface area contributed by atoms with Gasteiger partial charge in [-0.2, -0.15) is 0 Å². The molecule has 0 aliphatic carbocycles. The van der Waals surface area contributed by atoms with Crippen molar-refractivity contribution in [3.05, 3.63) is 65.7 Å². The summed E-state index contributed by atoms with van der Waals surface area (Å²) in [5.41, 5.74) is 2.41. The molecule has 25 heavy (non-hydrogen) atoms. The van der Waals surface area contributed by atoms with Crippen molar-refractivity contribution in [2.24, 2.45) is 0 Å². The van der Waals surface area contributed by atoms with E-state index in [0.29, 0.717) is 16.6 Å². The predicted molar refractivity (Wildman–Crippen MR) is 89.5 cm³/mol. The van der Waals surface area contributed by atoms with Crippen LogP contribution in [0.4, 0.5) is 4.39 Å². The number of amides is 1. The van der Waals surface area contributed by atoms with Gasteiger partial charge in [0.15, 0.2) is 0 Å². The molecule has 0 fully saturated rings. The molecule has 6 nitrogen and oxygen atoms in total. The number of fused-ring (bicyclic) bond motifs is 1. The zero-order chi connectivity index (χ0) is 17.8. The molecule has 0 unspecified atom stereocenters. The molecule has 0 saturated heterocycles. The first-order valence-corrected chi connectivity index (χ1v) is 7.63. The minimum absolute atomic E-state index is 0.127. The van der Waals surface area contributed by atoms with E-state index in [9.17, 15) is 14.0 Å². The number of nitrogens with one attached hydrogen (secondary N) is 2. The lowest BCUT2D eigenvalue weighted by atomic mass is 10.0. The summed E-state index contributed by atoms with van der Waals surface area (Å²) in [6, 6.07) is 9.92. The Labute approximate surface area is 143 Å². The number of nitrogens with zero attached hydrogens (tertiary/aromatic N) is 1. The smallest absolute Gasteiger partial charge is 0.328 e. The highest BCUT2D eigenvalue weighted by atomic mass is 19.1. The SMILES string of the molecule is COC(=O)[C@@H](Cc1cccc(F)c1)NC(=O)c1ccc2nc[nH]c2c1. The maximum atomic E-state index is 13.3. The summed E-state index contributed by atoms with van der Waals surface area (Å²) in [6.07, 6.45) is 1.66. The standard InChI is InChI=1S/C18H16FN3O3/c1-25-18(24)16(8-11-3-2-4-13(19)7-11)22-17(23)12-5-6-14-15(9-12)21-10-20-14/h2-7,9-10,16H,8H2,1H3,(H,20,21)(H,22,23)/t16-/m1/s1. The normalized spacial score (nSPS) is 11.9. The Kier molecular flexibility index (Phi) is 4.74. The summed E-state index contributed by atoms with van der Waals surface area (Å²) in [5.74, 6) is -1.43. The minimum Gasteiger partial charge on any atom is -0.467 e. The zero-order valence-corrected chi connectivity index (χ0v) is 13.5. The van der Waals surface area contributed by atoms with Crippen molar-refractivity contribution in [1.29, 1.82) is 0 Å². The van der Waals surface area contributed by atoms with Crippen LogP contribution < -0.4 is 5.32 Å². The molecule has 128 valence electrons. The molecule has 1 atom stereocenters. The topological polar surface area (TPSA) is 84.1 Å². The van der Waals surface area contributed by atoms with Crippen LogP contribution in [0.5, 0.6) is 0 Å². The van der Waals surface area contributed by atoms with Crippen molar-refractivity contribution >= 4 is 22.9 Å². The van der Waals surface area contributed by atoms with Crippen LogP contribution >= 0.6 is 0 Å². The van der Waals surface area contributed by atoms with Crippen LogP contribution in [-0.4, -0.2) is 35.0 Å². The Hall–Kier alpha value is -3.22. The number of halogens is 1. The number of hydrogen-bond donors (Lipinski definition) is 2. The van der Waals surface area contributed by atoms with Crippen LogP contribution in [0.3, 0.4) is 0 Å². The van der Waals surface area contributed by atoms with Gasteiger partial charge in [0.1, 0.15) is 11.9 Å². The van der Waals surface area contributed by atoms with Crippen LogP contribution in [-0.2, 0) is 16.0 Å². The molecule has 0 saturated carbocycles. The van der Waals surface area contributed by atoms with Crippen molar-refractivity contribution in [2.75, 3.05) is 7.11 Å². The largest absolute Gasteiger partial charge is 0.467 e. The second-order valence-corrected chi connectivity index (χ2v) is 5.52. The number of hydrogen-bond acceptors (Lipinski definition) is 4. The number of rotatable bonds is 5. The van der Waals surface area contributed by atoms with Crippen LogP contribution in [0.15, 0.2) is 48.8 Å². The fourth-order valence-electron chi connectivity index (χ4n) is 2.55. The highest BCUT2D eigenvalue weighted by molar-refractivity contribution is 5.99. The Morgan fingerprint density at radius 2 is 2.12 bits per heavy atom. The number of aromatic amines is 1. The van der Waals surface area contributed by atoms with Crippen LogP contribution in [0, 0.1) is 5.82 Å². The average Bonchev–Trinajstić information content (AvgIpc) is 3.08. The quantitative estimate of drug-likeness (QED) is 0.697. The molecule has 0 aliphatic heterocycles. The molecule has 1 heterocycles. The summed E-state index contributed by atoms with van der Waals surface area (Å²) in [4.78, 5) is 31.5. The van der Waals surface area contributed by atoms with Gasteiger partial charge in [0.25, 0.3) is 5.91 Å². The summed E-state index contributed by atoms with van der Waals surface area (Å²) in [6.45, 7) is 0. The number of carbonyl (C=O) groups excluding carboxylic acids is 2. The molecule has 2 aromatic carbocycles. The molecule has 3 rings (SSSR count). The van der Waals surface area contributed by atoms with Gasteiger partial charge in [-0.25, -0.2) is 14.2 Å². The van der Waals surface area contributed by atoms with Crippen molar-refractivity contribution in [3.8, 4) is 0 Å². The fourth-order valence-corrected chi connectivity index (χ4v) is 2.55. The Bertz CT molecular complexity index is 923. The van der Waals surface area contributed by atoms with E-state index in [0.717, 1.165) is 5.52 Å². The number of aromatic nitrogens is 2. The molecule has 0 bridgehead atoms. The van der Waals surface area contributed by atoms with Gasteiger partial charge in [0.05, 0.1) is 24.5 Å². The van der Waals surface area contributed by atoms with Gasteiger partial charge < -0.3 is 15.0 Å². The molecular formula is C18H16FN3O3. The van der Waals surface area contributed by atoms with E-state index in [-0.39, 0.29) is 6.42 Å². The number of esters is 1. The fraction of sp³-hybridized carbons (Fsp3) is 0.167. The van der Waals surface area contributed by atoms with Crippen LogP contribution in [0.25, 0.3) is 11.0 Å². The predicted octanol–water partition coefficient (Wildman–Crippen LogP) is 2.22. The third kappa shape index (κ3) is 3.82. The lowest BCUT2D eigenvalue weighted by Gasteiger charge is -2.16. The summed E-state index contributed by atoms with van der Waals surface area (Å²) in [7, 11) is 1.24. The van der Waals surface area contributed by atoms with Gasteiger partial charge >= 0.3 is 5.97 Å². The van der Waals surface area contributed by atoms with Crippen molar-refractivity contribution in [1.82, 2.24) is 15.3 Å². The van der Waals surface area contributed by atoms with E-state index in [2.05, 4.69) is 15.3 Å². The molecule has 3 aromatic rings. The van der Waals surface area contributed by atoms with E-state index in [1.54, 1.807) is 30.3 Å². The summed E-state index contributed by atoms with van der Waals surface area (Å²) in [5, 5.41) is 2.64. The molecular weight excluding hydrogens is 325 g/mol. The molecule has 0 aliphatic rings. The molecule has 7 heteroatoms. The molecule has 0 radical (unpaired) electrons. The van der Waals surface area contributed by atoms with E-state index in [4.69, 9.17) is 4.74 Å². The van der Waals surface area contributed by atoms with E-state index >= 15 is 0 Å². The molecule has 1 amide bonds. The molecule has 0 spiro atoms. The maximum Gasteiger partial charge on any atom is 0.328 e. The Balaban J connectivity index is 1.79. The number of imidazole rings is 1. The van der Waals surface area contributed by atoms with Crippen molar-refractivity contribution in [2.45, 2.75) is 12.5 Å². The maximum absolute atomic E-state index is 13.3. The number of carbonyl (C=O) groups is 2. The lowest BCUT2D eigenvalue weighted by molar-refractivity contribution is -0.142. The zero-order valence-electron chi connectivity index (χ0n) is 13.5. The number of methoxy groups -OCH3 is 1. The van der Waals surface area contributed by atoms with E-state index in [1.165, 1.54) is 25.6 Å². The van der Waals surface area contributed by atoms with Gasteiger partial charge in [-0.05, 0) is 35.9 Å². The van der Waals surface area contributed by atoms with Crippen molar-refractivity contribution in [3.63, 3.8) is 0 Å². The first-order chi connectivity index (χ1) is 12.1. The van der Waals surface area contributed by atoms with E-state index < -0.39 is 23.7 Å². The monoisotopic (exact) mass is 341 g/mol. The minimum atomic E-state index is -0.920. The second kappa shape index (κ2) is 7.12. The number of benzene rings is 2. The van der Waals surface area contributed by atoms with Gasteiger partial charge in [0.2, 0.25) is 0 Å².